The molecule has 0 atom stereocenters. The Kier molecular flexibility index (Phi) is 16.2. The Labute approximate surface area is 230 Å². The SMILES string of the molecule is C.C.C.C/C=C/c1cc(C)c(/C=C/C)cc1C.Cc1cc(C)c(/C=C/c2cc(C)c(C)cc2C)cc1C. The van der Waals surface area contributed by atoms with E-state index in [-0.39, 0.29) is 22.3 Å². The standard InChI is InChI=1S/C20H24.C14H18.3CH4/c1-13-9-17(5)19(11-15(13)3)7-8-20-12-16(4)14(2)10-18(20)6;1-5-7-13-9-12(4)14(8-6-2)10-11(13)3;;;/h7-12H,1-6H3;5-10H,1-4H3;3*1H4/b8-7+;7-5+,8-6+;;;. The predicted octanol–water partition coefficient (Wildman–Crippen LogP) is 12.0. The summed E-state index contributed by atoms with van der Waals surface area (Å²) in [4.78, 5) is 0. The third-order valence-corrected chi connectivity index (χ3v) is 6.55. The van der Waals surface area contributed by atoms with Gasteiger partial charge in [-0.05, 0) is 136 Å². The summed E-state index contributed by atoms with van der Waals surface area (Å²) >= 11 is 0. The van der Waals surface area contributed by atoms with Crippen LogP contribution in [-0.4, -0.2) is 0 Å². The molecule has 0 N–H and O–H groups in total. The van der Waals surface area contributed by atoms with Gasteiger partial charge in [0.05, 0.1) is 0 Å². The Hall–Kier alpha value is -3.12. The molecule has 0 heterocycles. The van der Waals surface area contributed by atoms with Crippen LogP contribution in [0.3, 0.4) is 0 Å². The minimum Gasteiger partial charge on any atom is -0.0871 e. The lowest BCUT2D eigenvalue weighted by Crippen LogP contribution is -1.89. The summed E-state index contributed by atoms with van der Waals surface area (Å²) in [6.07, 6.45) is 12.9. The first-order valence-electron chi connectivity index (χ1n) is 12.3. The molecule has 0 aromatic heterocycles. The Balaban J connectivity index is 0. The van der Waals surface area contributed by atoms with Crippen LogP contribution < -0.4 is 0 Å². The third-order valence-electron chi connectivity index (χ3n) is 6.55. The number of hydrogen-bond acceptors (Lipinski definition) is 0. The van der Waals surface area contributed by atoms with E-state index in [2.05, 4.69) is 142 Å². The van der Waals surface area contributed by atoms with E-state index < -0.39 is 0 Å². The van der Waals surface area contributed by atoms with E-state index in [9.17, 15) is 0 Å². The second-order valence-electron chi connectivity index (χ2n) is 9.48. The van der Waals surface area contributed by atoms with Crippen LogP contribution in [0.1, 0.15) is 103 Å². The van der Waals surface area contributed by atoms with Gasteiger partial charge in [0.2, 0.25) is 0 Å². The molecule has 0 heteroatoms. The predicted molar refractivity (Wildman–Crippen MR) is 176 cm³/mol. The Morgan fingerprint density at radius 2 is 0.541 bits per heavy atom. The van der Waals surface area contributed by atoms with Crippen LogP contribution in [0.2, 0.25) is 0 Å². The molecule has 0 nitrogen and oxygen atoms in total. The first-order valence-corrected chi connectivity index (χ1v) is 12.3. The zero-order valence-corrected chi connectivity index (χ0v) is 22.9. The lowest BCUT2D eigenvalue weighted by Gasteiger charge is -2.08. The van der Waals surface area contributed by atoms with Gasteiger partial charge in [-0.15, -0.1) is 0 Å². The van der Waals surface area contributed by atoms with E-state index in [0.717, 1.165) is 0 Å². The summed E-state index contributed by atoms with van der Waals surface area (Å²) in [5.74, 6) is 0. The molecule has 3 rings (SSSR count). The van der Waals surface area contributed by atoms with Gasteiger partial charge < -0.3 is 0 Å². The van der Waals surface area contributed by atoms with Gasteiger partial charge in [0.15, 0.2) is 0 Å². The van der Waals surface area contributed by atoms with Crippen molar-refractivity contribution in [2.75, 3.05) is 0 Å². The topological polar surface area (TPSA) is 0 Å². The summed E-state index contributed by atoms with van der Waals surface area (Å²) < 4.78 is 0. The van der Waals surface area contributed by atoms with Crippen molar-refractivity contribution in [1.82, 2.24) is 0 Å². The number of rotatable bonds is 4. The summed E-state index contributed by atoms with van der Waals surface area (Å²) in [6, 6.07) is 13.6. The second kappa shape index (κ2) is 16.6. The fourth-order valence-corrected chi connectivity index (χ4v) is 4.08. The molecule has 202 valence electrons. The molecule has 0 radical (unpaired) electrons. The highest BCUT2D eigenvalue weighted by atomic mass is 14.1. The largest absolute Gasteiger partial charge is 0.0871 e. The van der Waals surface area contributed by atoms with Crippen molar-refractivity contribution in [3.05, 3.63) is 115 Å². The molecule has 0 spiro atoms. The molecule has 0 unspecified atom stereocenters. The maximum absolute atomic E-state index is 2.28. The van der Waals surface area contributed by atoms with Gasteiger partial charge in [0.25, 0.3) is 0 Å². The quantitative estimate of drug-likeness (QED) is 0.314. The highest BCUT2D eigenvalue weighted by Crippen LogP contribution is 2.21. The summed E-state index contributed by atoms with van der Waals surface area (Å²) in [5.41, 5.74) is 16.0. The van der Waals surface area contributed by atoms with Crippen LogP contribution in [-0.2, 0) is 0 Å². The average molecular weight is 499 g/mol. The Morgan fingerprint density at radius 3 is 0.838 bits per heavy atom. The van der Waals surface area contributed by atoms with Crippen LogP contribution >= 0.6 is 0 Å². The van der Waals surface area contributed by atoms with E-state index in [4.69, 9.17) is 0 Å². The van der Waals surface area contributed by atoms with Gasteiger partial charge in [-0.1, -0.05) is 95.1 Å². The third kappa shape index (κ3) is 10.0. The first kappa shape index (κ1) is 36.0. The average Bonchev–Trinajstić information content (AvgIpc) is 2.77. The molecule has 37 heavy (non-hydrogen) atoms. The van der Waals surface area contributed by atoms with Crippen molar-refractivity contribution in [3.63, 3.8) is 0 Å². The van der Waals surface area contributed by atoms with Gasteiger partial charge in [0, 0.05) is 0 Å². The molecule has 3 aromatic rings. The molecule has 0 aliphatic rings. The van der Waals surface area contributed by atoms with Crippen LogP contribution in [0.4, 0.5) is 0 Å². The van der Waals surface area contributed by atoms with Crippen molar-refractivity contribution in [3.8, 4) is 0 Å². The zero-order valence-electron chi connectivity index (χ0n) is 22.9. The summed E-state index contributed by atoms with van der Waals surface area (Å²) in [5, 5.41) is 0. The lowest BCUT2D eigenvalue weighted by atomic mass is 9.97. The number of aryl methyl sites for hydroxylation is 8. The maximum atomic E-state index is 2.28. The van der Waals surface area contributed by atoms with Crippen LogP contribution in [0.25, 0.3) is 24.3 Å². The normalized spacial score (nSPS) is 10.5. The zero-order chi connectivity index (χ0) is 25.4. The number of allylic oxidation sites excluding steroid dienone is 2. The molecule has 0 saturated heterocycles. The molecule has 0 aliphatic carbocycles. The maximum Gasteiger partial charge on any atom is -0.0224 e. The van der Waals surface area contributed by atoms with E-state index in [1.807, 2.05) is 0 Å². The van der Waals surface area contributed by atoms with Gasteiger partial charge in [0.1, 0.15) is 0 Å². The molecule has 0 bridgehead atoms. The number of benzene rings is 3. The molecule has 0 saturated carbocycles. The van der Waals surface area contributed by atoms with Gasteiger partial charge in [-0.3, -0.25) is 0 Å². The first-order chi connectivity index (χ1) is 16.1. The van der Waals surface area contributed by atoms with Crippen LogP contribution in [0, 0.1) is 55.4 Å². The second-order valence-corrected chi connectivity index (χ2v) is 9.48. The molecular weight excluding hydrogens is 444 g/mol. The van der Waals surface area contributed by atoms with Crippen molar-refractivity contribution in [2.24, 2.45) is 0 Å². The summed E-state index contributed by atoms with van der Waals surface area (Å²) in [6.45, 7) is 21.5. The van der Waals surface area contributed by atoms with Gasteiger partial charge in [-0.25, -0.2) is 0 Å². The Bertz CT molecular complexity index is 1130. The smallest absolute Gasteiger partial charge is 0.0224 e. The van der Waals surface area contributed by atoms with E-state index >= 15 is 0 Å². The molecule has 0 aliphatic heterocycles. The minimum atomic E-state index is 0. The monoisotopic (exact) mass is 498 g/mol. The molecular formula is C37H54. The van der Waals surface area contributed by atoms with Crippen molar-refractivity contribution in [2.45, 2.75) is 91.5 Å². The molecule has 0 fully saturated rings. The van der Waals surface area contributed by atoms with Crippen molar-refractivity contribution < 1.29 is 0 Å². The van der Waals surface area contributed by atoms with Crippen molar-refractivity contribution >= 4 is 24.3 Å². The summed E-state index contributed by atoms with van der Waals surface area (Å²) in [7, 11) is 0. The van der Waals surface area contributed by atoms with E-state index in [1.54, 1.807) is 0 Å². The van der Waals surface area contributed by atoms with Crippen LogP contribution in [0.15, 0.2) is 48.6 Å². The molecule has 3 aromatic carbocycles. The fourth-order valence-electron chi connectivity index (χ4n) is 4.08. The van der Waals surface area contributed by atoms with Gasteiger partial charge in [-0.2, -0.15) is 0 Å². The Morgan fingerprint density at radius 1 is 0.324 bits per heavy atom. The van der Waals surface area contributed by atoms with E-state index in [0.29, 0.717) is 0 Å². The highest BCUT2D eigenvalue weighted by Gasteiger charge is 2.02. The minimum absolute atomic E-state index is 0. The van der Waals surface area contributed by atoms with Crippen LogP contribution in [0.5, 0.6) is 0 Å². The van der Waals surface area contributed by atoms with E-state index in [1.165, 1.54) is 66.8 Å². The fraction of sp³-hybridized carbons (Fsp3) is 0.351. The highest BCUT2D eigenvalue weighted by molar-refractivity contribution is 5.73. The van der Waals surface area contributed by atoms with Gasteiger partial charge >= 0.3 is 0 Å². The number of hydrogen-bond donors (Lipinski definition) is 0. The lowest BCUT2D eigenvalue weighted by molar-refractivity contribution is 1.28. The molecule has 0 amide bonds. The van der Waals surface area contributed by atoms with Crippen molar-refractivity contribution in [1.29, 1.82) is 0 Å².